The Balaban J connectivity index is 0.00000225. The fourth-order valence-electron chi connectivity index (χ4n) is 3.84. The van der Waals surface area contributed by atoms with Crippen molar-refractivity contribution in [3.8, 4) is 0 Å². The molecule has 1 aliphatic carbocycles. The number of benzene rings is 1. The highest BCUT2D eigenvalue weighted by atomic mass is 35.5. The minimum Gasteiger partial charge on any atom is -0.378 e. The van der Waals surface area contributed by atoms with Gasteiger partial charge in [0.15, 0.2) is 0 Å². The van der Waals surface area contributed by atoms with Crippen LogP contribution in [0.15, 0.2) is 12.1 Å². The number of rotatable bonds is 3. The molecule has 25 heavy (non-hydrogen) atoms. The third-order valence-electron chi connectivity index (χ3n) is 5.75. The summed E-state index contributed by atoms with van der Waals surface area (Å²) in [7, 11) is 0. The van der Waals surface area contributed by atoms with Crippen LogP contribution >= 0.6 is 35.6 Å². The molecule has 2 N–H and O–H groups in total. The highest BCUT2D eigenvalue weighted by Gasteiger charge is 2.63. The largest absolute Gasteiger partial charge is 0.378 e. The number of ether oxygens (including phenoxy) is 1. The molecule has 2 aliphatic rings. The lowest BCUT2D eigenvalue weighted by molar-refractivity contribution is -0.180. The molecule has 1 heterocycles. The molecule has 7 heteroatoms. The highest BCUT2D eigenvalue weighted by molar-refractivity contribution is 6.35. The van der Waals surface area contributed by atoms with E-state index in [1.807, 2.05) is 31.7 Å². The van der Waals surface area contributed by atoms with Crippen molar-refractivity contribution >= 4 is 41.5 Å². The number of carbonyl (C=O) groups excluding carboxylic acids is 1. The molecule has 140 valence electrons. The summed E-state index contributed by atoms with van der Waals surface area (Å²) in [5.41, 5.74) is 7.35. The van der Waals surface area contributed by atoms with Crippen LogP contribution in [0.3, 0.4) is 0 Å². The Morgan fingerprint density at radius 3 is 2.68 bits per heavy atom. The summed E-state index contributed by atoms with van der Waals surface area (Å²) < 4.78 is 5.73. The van der Waals surface area contributed by atoms with E-state index in [9.17, 15) is 4.79 Å². The van der Waals surface area contributed by atoms with Crippen LogP contribution in [0.2, 0.25) is 10.0 Å². The molecule has 3 rings (SSSR count). The topological polar surface area (TPSA) is 55.6 Å². The first-order valence-corrected chi connectivity index (χ1v) is 9.13. The van der Waals surface area contributed by atoms with E-state index in [1.54, 1.807) is 6.07 Å². The van der Waals surface area contributed by atoms with Crippen molar-refractivity contribution < 1.29 is 9.53 Å². The van der Waals surface area contributed by atoms with Crippen LogP contribution in [-0.2, 0) is 22.5 Å². The molecule has 0 aromatic heterocycles. The van der Waals surface area contributed by atoms with Crippen LogP contribution < -0.4 is 5.73 Å². The second-order valence-electron chi connectivity index (χ2n) is 7.34. The van der Waals surface area contributed by atoms with Gasteiger partial charge in [-0.2, -0.15) is 0 Å². The minimum atomic E-state index is -0.886. The van der Waals surface area contributed by atoms with E-state index in [-0.39, 0.29) is 29.8 Å². The first kappa shape index (κ1) is 20.8. The third-order valence-corrected chi connectivity index (χ3v) is 6.31. The Bertz CT molecular complexity index is 681. The average molecular weight is 408 g/mol. The summed E-state index contributed by atoms with van der Waals surface area (Å²) in [6, 6.07) is 3.66. The normalized spacial score (nSPS) is 27.1. The van der Waals surface area contributed by atoms with Crippen LogP contribution in [0.4, 0.5) is 0 Å². The Kier molecular flexibility index (Phi) is 6.02. The Labute approximate surface area is 165 Å². The minimum absolute atomic E-state index is 0. The fraction of sp³-hybridized carbons (Fsp3) is 0.611. The quantitative estimate of drug-likeness (QED) is 0.828. The maximum atomic E-state index is 13.1. The molecular weight excluding hydrogens is 383 g/mol. The van der Waals surface area contributed by atoms with Gasteiger partial charge in [0.1, 0.15) is 5.54 Å². The predicted molar refractivity (Wildman–Crippen MR) is 104 cm³/mol. The zero-order chi connectivity index (χ0) is 17.7. The number of carbonyl (C=O) groups is 1. The lowest BCUT2D eigenvalue weighted by atomic mass is 9.54. The zero-order valence-electron chi connectivity index (χ0n) is 14.8. The predicted octanol–water partition coefficient (Wildman–Crippen LogP) is 3.83. The molecule has 1 fully saturated rings. The van der Waals surface area contributed by atoms with Crippen molar-refractivity contribution in [2.75, 3.05) is 13.2 Å². The van der Waals surface area contributed by atoms with Crippen LogP contribution in [0.25, 0.3) is 0 Å². The summed E-state index contributed by atoms with van der Waals surface area (Å²) in [4.78, 5) is 15.0. The summed E-state index contributed by atoms with van der Waals surface area (Å²) in [5, 5.41) is 1.25. The first-order chi connectivity index (χ1) is 11.2. The molecule has 4 nitrogen and oxygen atoms in total. The van der Waals surface area contributed by atoms with Crippen LogP contribution in [0, 0.1) is 5.41 Å². The smallest absolute Gasteiger partial charge is 0.243 e. The molecule has 1 aliphatic heterocycles. The van der Waals surface area contributed by atoms with Gasteiger partial charge >= 0.3 is 0 Å². The van der Waals surface area contributed by atoms with Gasteiger partial charge in [-0.1, -0.05) is 37.0 Å². The zero-order valence-corrected chi connectivity index (χ0v) is 17.1. The molecule has 0 bridgehead atoms. The maximum absolute atomic E-state index is 13.1. The van der Waals surface area contributed by atoms with E-state index < -0.39 is 5.54 Å². The Hall–Kier alpha value is -0.520. The fourth-order valence-corrected chi connectivity index (χ4v) is 4.43. The van der Waals surface area contributed by atoms with E-state index in [2.05, 4.69) is 0 Å². The Morgan fingerprint density at radius 1 is 1.40 bits per heavy atom. The van der Waals surface area contributed by atoms with E-state index >= 15 is 0 Å². The van der Waals surface area contributed by atoms with Crippen molar-refractivity contribution in [1.29, 1.82) is 0 Å². The van der Waals surface area contributed by atoms with Crippen LogP contribution in [0.5, 0.6) is 0 Å². The molecule has 2 atom stereocenters. The average Bonchev–Trinajstić information content (AvgIpc) is 2.53. The first-order valence-electron chi connectivity index (χ1n) is 8.37. The van der Waals surface area contributed by atoms with Gasteiger partial charge in [-0.15, -0.1) is 12.4 Å². The summed E-state index contributed by atoms with van der Waals surface area (Å²) in [5.74, 6) is -0.0138. The van der Waals surface area contributed by atoms with Gasteiger partial charge in [-0.05, 0) is 36.6 Å². The van der Waals surface area contributed by atoms with Crippen molar-refractivity contribution in [3.63, 3.8) is 0 Å². The van der Waals surface area contributed by atoms with E-state index in [0.717, 1.165) is 17.5 Å². The van der Waals surface area contributed by atoms with Gasteiger partial charge in [0.05, 0.1) is 6.10 Å². The monoisotopic (exact) mass is 406 g/mol. The summed E-state index contributed by atoms with van der Waals surface area (Å²) in [6.45, 7) is 7.74. The van der Waals surface area contributed by atoms with E-state index in [4.69, 9.17) is 33.7 Å². The van der Waals surface area contributed by atoms with Crippen LogP contribution in [-0.4, -0.2) is 35.6 Å². The maximum Gasteiger partial charge on any atom is 0.243 e. The molecule has 2 unspecified atom stereocenters. The SMILES string of the molecule is CCOC1CC(N)(C(=O)N2CCc3cc(Cl)cc(Cl)c3C2)C1(C)C.Cl. The van der Waals surface area contributed by atoms with Gasteiger partial charge in [-0.3, -0.25) is 4.79 Å². The molecule has 1 amide bonds. The lowest BCUT2D eigenvalue weighted by Crippen LogP contribution is -2.76. The molecule has 0 saturated heterocycles. The molecule has 1 aromatic carbocycles. The molecule has 1 aromatic rings. The molecule has 0 radical (unpaired) electrons. The lowest BCUT2D eigenvalue weighted by Gasteiger charge is -2.59. The second kappa shape index (κ2) is 7.24. The Morgan fingerprint density at radius 2 is 2.08 bits per heavy atom. The van der Waals surface area contributed by atoms with E-state index in [0.29, 0.717) is 36.2 Å². The number of amides is 1. The standard InChI is InChI=1S/C18H24Cl2N2O2.ClH/c1-4-24-15-9-18(21,17(15,2)3)16(23)22-6-5-11-7-12(19)8-14(20)13(11)10-22;/h7-8,15H,4-6,9-10,21H2,1-3H3;1H. The molecule has 1 saturated carbocycles. The van der Waals surface area contributed by atoms with Gasteiger partial charge in [0.2, 0.25) is 5.91 Å². The van der Waals surface area contributed by atoms with Crippen molar-refractivity contribution in [3.05, 3.63) is 33.3 Å². The molecule has 0 spiro atoms. The van der Waals surface area contributed by atoms with Crippen molar-refractivity contribution in [1.82, 2.24) is 4.90 Å². The number of fused-ring (bicyclic) bond motifs is 1. The van der Waals surface area contributed by atoms with Gasteiger partial charge in [0.25, 0.3) is 0 Å². The van der Waals surface area contributed by atoms with Gasteiger partial charge in [0, 0.05) is 41.6 Å². The van der Waals surface area contributed by atoms with E-state index in [1.165, 1.54) is 0 Å². The second-order valence-corrected chi connectivity index (χ2v) is 8.19. The third kappa shape index (κ3) is 3.28. The number of halogens is 3. The number of hydrogen-bond acceptors (Lipinski definition) is 3. The van der Waals surface area contributed by atoms with Crippen LogP contribution in [0.1, 0.15) is 38.3 Å². The number of nitrogens with two attached hydrogens (primary N) is 1. The number of nitrogens with zero attached hydrogens (tertiary/aromatic N) is 1. The summed E-state index contributed by atoms with van der Waals surface area (Å²) in [6.07, 6.45) is 1.33. The number of hydrogen-bond donors (Lipinski definition) is 1. The summed E-state index contributed by atoms with van der Waals surface area (Å²) >= 11 is 12.4. The van der Waals surface area contributed by atoms with Gasteiger partial charge < -0.3 is 15.4 Å². The highest BCUT2D eigenvalue weighted by Crippen LogP contribution is 2.51. The molecular formula is C18H25Cl3N2O2. The van der Waals surface area contributed by atoms with Crippen molar-refractivity contribution in [2.24, 2.45) is 11.1 Å². The van der Waals surface area contributed by atoms with Crippen molar-refractivity contribution in [2.45, 2.75) is 51.8 Å². The van der Waals surface area contributed by atoms with Gasteiger partial charge in [-0.25, -0.2) is 0 Å².